The molecule has 8 nitrogen and oxygen atoms in total. The van der Waals surface area contributed by atoms with E-state index in [4.69, 9.17) is 9.94 Å². The second-order valence-corrected chi connectivity index (χ2v) is 4.95. The van der Waals surface area contributed by atoms with Crippen LogP contribution in [0.15, 0.2) is 46.6 Å². The monoisotopic (exact) mass is 310 g/mol. The second kappa shape index (κ2) is 4.80. The van der Waals surface area contributed by atoms with E-state index >= 15 is 0 Å². The summed E-state index contributed by atoms with van der Waals surface area (Å²) >= 11 is 0. The van der Waals surface area contributed by atoms with Crippen molar-refractivity contribution in [3.63, 3.8) is 0 Å². The molecule has 1 aliphatic carbocycles. The van der Waals surface area contributed by atoms with Crippen molar-refractivity contribution in [2.45, 2.75) is 0 Å². The molecule has 0 saturated carbocycles. The molecule has 0 radical (unpaired) electrons. The van der Waals surface area contributed by atoms with E-state index in [0.717, 1.165) is 11.1 Å². The maximum absolute atomic E-state index is 12.1. The van der Waals surface area contributed by atoms with E-state index in [1.54, 1.807) is 10.6 Å². The van der Waals surface area contributed by atoms with Crippen LogP contribution in [0.1, 0.15) is 11.3 Å². The molecule has 1 aliphatic rings. The summed E-state index contributed by atoms with van der Waals surface area (Å²) in [7, 11) is 0. The summed E-state index contributed by atoms with van der Waals surface area (Å²) in [5.74, 6) is -1.12. The Labute approximate surface area is 128 Å². The van der Waals surface area contributed by atoms with Crippen molar-refractivity contribution in [2.24, 2.45) is 5.16 Å². The van der Waals surface area contributed by atoms with E-state index in [9.17, 15) is 9.59 Å². The SMILES string of the molecule is O=C(O)CO/N=C1\c2ccccc2-c2[nH]c(=O)c3nccn3c21. The van der Waals surface area contributed by atoms with E-state index in [1.807, 2.05) is 24.3 Å². The van der Waals surface area contributed by atoms with Crippen molar-refractivity contribution in [2.75, 3.05) is 6.61 Å². The van der Waals surface area contributed by atoms with Crippen LogP contribution in [0.2, 0.25) is 0 Å². The molecule has 2 heterocycles. The number of fused-ring (bicyclic) bond motifs is 5. The second-order valence-electron chi connectivity index (χ2n) is 4.95. The van der Waals surface area contributed by atoms with Crippen molar-refractivity contribution in [1.29, 1.82) is 0 Å². The molecule has 0 atom stereocenters. The quantitative estimate of drug-likeness (QED) is 0.545. The molecule has 0 unspecified atom stereocenters. The number of carboxylic acids is 1. The van der Waals surface area contributed by atoms with Gasteiger partial charge in [-0.2, -0.15) is 0 Å². The number of H-pyrrole nitrogens is 1. The minimum Gasteiger partial charge on any atom is -0.479 e. The molecule has 3 aromatic rings. The number of benzene rings is 1. The summed E-state index contributed by atoms with van der Waals surface area (Å²) in [6, 6.07) is 7.37. The van der Waals surface area contributed by atoms with Crippen LogP contribution in [-0.2, 0) is 9.63 Å². The Morgan fingerprint density at radius 2 is 2.13 bits per heavy atom. The number of hydrogen-bond donors (Lipinski definition) is 2. The summed E-state index contributed by atoms with van der Waals surface area (Å²) in [5.41, 5.74) is 3.16. The first kappa shape index (κ1) is 13.3. The molecular weight excluding hydrogens is 300 g/mol. The Morgan fingerprint density at radius 3 is 2.91 bits per heavy atom. The Balaban J connectivity index is 2.00. The number of nitrogens with zero attached hydrogens (tertiary/aromatic N) is 3. The van der Waals surface area contributed by atoms with Gasteiger partial charge in [-0.05, 0) is 0 Å². The Kier molecular flexibility index (Phi) is 2.77. The van der Waals surface area contributed by atoms with Crippen LogP contribution in [0, 0.1) is 0 Å². The maximum atomic E-state index is 12.1. The topological polar surface area (TPSA) is 109 Å². The number of oxime groups is 1. The molecule has 114 valence electrons. The van der Waals surface area contributed by atoms with Gasteiger partial charge < -0.3 is 14.9 Å². The number of aliphatic carboxylic acids is 1. The number of carboxylic acid groups (broad SMARTS) is 1. The predicted molar refractivity (Wildman–Crippen MR) is 80.5 cm³/mol. The van der Waals surface area contributed by atoms with Gasteiger partial charge in [-0.25, -0.2) is 9.78 Å². The summed E-state index contributed by atoms with van der Waals surface area (Å²) in [6.07, 6.45) is 3.17. The summed E-state index contributed by atoms with van der Waals surface area (Å²) in [6.45, 7) is -0.544. The smallest absolute Gasteiger partial charge is 0.344 e. The van der Waals surface area contributed by atoms with Crippen molar-refractivity contribution < 1.29 is 14.7 Å². The van der Waals surface area contributed by atoms with Crippen LogP contribution in [0.4, 0.5) is 0 Å². The van der Waals surface area contributed by atoms with Crippen molar-refractivity contribution in [3.05, 3.63) is 58.3 Å². The zero-order chi connectivity index (χ0) is 16.0. The number of aromatic nitrogens is 3. The highest BCUT2D eigenvalue weighted by molar-refractivity contribution is 6.22. The average molecular weight is 310 g/mol. The minimum atomic E-state index is -1.12. The first-order valence-electron chi connectivity index (χ1n) is 6.78. The number of aromatic amines is 1. The lowest BCUT2D eigenvalue weighted by Gasteiger charge is -2.04. The van der Waals surface area contributed by atoms with Crippen molar-refractivity contribution >= 4 is 17.3 Å². The predicted octanol–water partition coefficient (Wildman–Crippen LogP) is 0.857. The van der Waals surface area contributed by atoms with Crippen molar-refractivity contribution in [3.8, 4) is 11.3 Å². The van der Waals surface area contributed by atoms with Gasteiger partial charge in [0.1, 0.15) is 11.4 Å². The lowest BCUT2D eigenvalue weighted by Crippen LogP contribution is -2.16. The van der Waals surface area contributed by atoms with Gasteiger partial charge in [0.25, 0.3) is 5.56 Å². The molecule has 2 N–H and O–H groups in total. The summed E-state index contributed by atoms with van der Waals surface area (Å²) in [4.78, 5) is 34.5. The van der Waals surface area contributed by atoms with Gasteiger partial charge in [0.2, 0.25) is 12.3 Å². The van der Waals surface area contributed by atoms with Gasteiger partial charge in [-0.3, -0.25) is 9.20 Å². The lowest BCUT2D eigenvalue weighted by molar-refractivity contribution is -0.142. The van der Waals surface area contributed by atoms with Crippen molar-refractivity contribution in [1.82, 2.24) is 14.4 Å². The number of hydrogen-bond acceptors (Lipinski definition) is 5. The Hall–Kier alpha value is -3.42. The van der Waals surface area contributed by atoms with Crippen LogP contribution in [0.3, 0.4) is 0 Å². The van der Waals surface area contributed by atoms with Crippen LogP contribution in [0.25, 0.3) is 16.9 Å². The zero-order valence-corrected chi connectivity index (χ0v) is 11.7. The van der Waals surface area contributed by atoms with Gasteiger partial charge in [-0.15, -0.1) is 0 Å². The zero-order valence-electron chi connectivity index (χ0n) is 11.7. The fourth-order valence-corrected chi connectivity index (χ4v) is 2.71. The largest absolute Gasteiger partial charge is 0.479 e. The van der Waals surface area contributed by atoms with Gasteiger partial charge >= 0.3 is 5.97 Å². The molecule has 0 bridgehead atoms. The fourth-order valence-electron chi connectivity index (χ4n) is 2.71. The number of carbonyl (C=O) groups is 1. The number of nitrogens with one attached hydrogen (secondary N) is 1. The third-order valence-electron chi connectivity index (χ3n) is 3.58. The number of imidazole rings is 1. The van der Waals surface area contributed by atoms with E-state index < -0.39 is 12.6 Å². The van der Waals surface area contributed by atoms with E-state index in [2.05, 4.69) is 15.1 Å². The molecule has 0 fully saturated rings. The standard InChI is InChI=1S/C15H10N4O4/c20-10(21)7-23-18-12-9-4-2-1-3-8(9)11-13(12)19-6-5-16-14(19)15(22)17-11/h1-6H,7H2,(H,17,22)(H,20,21)/b18-12+. The van der Waals surface area contributed by atoms with E-state index in [-0.39, 0.29) is 11.2 Å². The van der Waals surface area contributed by atoms with Crippen LogP contribution in [0.5, 0.6) is 0 Å². The van der Waals surface area contributed by atoms with Crippen LogP contribution in [-0.4, -0.2) is 37.8 Å². The van der Waals surface area contributed by atoms with Gasteiger partial charge in [-0.1, -0.05) is 29.4 Å². The Bertz CT molecular complexity index is 1030. The highest BCUT2D eigenvalue weighted by Crippen LogP contribution is 2.34. The molecule has 23 heavy (non-hydrogen) atoms. The third kappa shape index (κ3) is 1.92. The van der Waals surface area contributed by atoms with Gasteiger partial charge in [0, 0.05) is 23.5 Å². The summed E-state index contributed by atoms with van der Waals surface area (Å²) in [5, 5.41) is 12.7. The molecule has 0 saturated heterocycles. The molecule has 0 amide bonds. The number of rotatable bonds is 3. The van der Waals surface area contributed by atoms with E-state index in [0.29, 0.717) is 17.1 Å². The van der Waals surface area contributed by atoms with Crippen LogP contribution >= 0.6 is 0 Å². The molecule has 0 aliphatic heterocycles. The maximum Gasteiger partial charge on any atom is 0.344 e. The first-order valence-corrected chi connectivity index (χ1v) is 6.78. The fraction of sp³-hybridized carbons (Fsp3) is 0.0667. The molecule has 4 rings (SSSR count). The van der Waals surface area contributed by atoms with Gasteiger partial charge in [0.15, 0.2) is 0 Å². The Morgan fingerprint density at radius 1 is 1.35 bits per heavy atom. The molecule has 1 aromatic carbocycles. The van der Waals surface area contributed by atoms with Crippen LogP contribution < -0.4 is 5.56 Å². The molecule has 0 spiro atoms. The average Bonchev–Trinajstić information content (AvgIpc) is 3.12. The molecule has 2 aromatic heterocycles. The van der Waals surface area contributed by atoms with E-state index in [1.165, 1.54) is 6.20 Å². The minimum absolute atomic E-state index is 0.238. The normalized spacial score (nSPS) is 14.0. The molecular formula is C15H10N4O4. The highest BCUT2D eigenvalue weighted by atomic mass is 16.6. The summed E-state index contributed by atoms with van der Waals surface area (Å²) < 4.78 is 1.62. The molecule has 8 heteroatoms. The third-order valence-corrected chi connectivity index (χ3v) is 3.58. The first-order chi connectivity index (χ1) is 11.2. The highest BCUT2D eigenvalue weighted by Gasteiger charge is 2.29. The lowest BCUT2D eigenvalue weighted by atomic mass is 10.1. The van der Waals surface area contributed by atoms with Gasteiger partial charge in [0.05, 0.1) is 5.69 Å².